The number of nitrogen functional groups attached to an aromatic ring is 1. The van der Waals surface area contributed by atoms with Gasteiger partial charge in [-0.05, 0) is 24.6 Å². The lowest BCUT2D eigenvalue weighted by molar-refractivity contribution is 0.0938. The molecule has 0 aliphatic heterocycles. The number of hydrogen-bond acceptors (Lipinski definition) is 3. The van der Waals surface area contributed by atoms with Crippen LogP contribution in [0.25, 0.3) is 0 Å². The van der Waals surface area contributed by atoms with E-state index in [0.29, 0.717) is 17.9 Å². The molecule has 1 amide bonds. The fourth-order valence-corrected chi connectivity index (χ4v) is 1.82. The summed E-state index contributed by atoms with van der Waals surface area (Å²) >= 11 is 0. The van der Waals surface area contributed by atoms with Crippen LogP contribution in [0.2, 0.25) is 0 Å². The molecule has 0 fully saturated rings. The smallest absolute Gasteiger partial charge is 0.268 e. The van der Waals surface area contributed by atoms with E-state index in [4.69, 9.17) is 10.2 Å². The second-order valence-corrected chi connectivity index (χ2v) is 4.11. The highest BCUT2D eigenvalue weighted by Gasteiger charge is 2.12. The lowest BCUT2D eigenvalue weighted by Crippen LogP contribution is -2.25. The second-order valence-electron chi connectivity index (χ2n) is 4.11. The highest BCUT2D eigenvalue weighted by Crippen LogP contribution is 2.11. The number of furan rings is 1. The molecule has 2 rings (SSSR count). The average Bonchev–Trinajstić information content (AvgIpc) is 2.96. The first-order valence-corrected chi connectivity index (χ1v) is 5.97. The standard InChI is InChI=1S/C13H17N3O2/c1-2-5-16-9-10(14)7-12(16)13(17)15-8-11-4-3-6-18-11/h3-4,6-7,9H,2,5,8,14H2,1H3,(H,15,17). The Morgan fingerprint density at radius 1 is 1.56 bits per heavy atom. The van der Waals surface area contributed by atoms with Crippen LogP contribution in [0.1, 0.15) is 29.6 Å². The molecule has 0 saturated carbocycles. The number of aromatic nitrogens is 1. The van der Waals surface area contributed by atoms with E-state index in [9.17, 15) is 4.79 Å². The van der Waals surface area contributed by atoms with Gasteiger partial charge >= 0.3 is 0 Å². The Kier molecular flexibility index (Phi) is 3.72. The molecule has 5 nitrogen and oxygen atoms in total. The van der Waals surface area contributed by atoms with E-state index >= 15 is 0 Å². The van der Waals surface area contributed by atoms with E-state index in [-0.39, 0.29) is 5.91 Å². The van der Waals surface area contributed by atoms with Crippen molar-refractivity contribution in [2.24, 2.45) is 0 Å². The molecule has 0 aromatic carbocycles. The largest absolute Gasteiger partial charge is 0.467 e. The molecule has 0 spiro atoms. The van der Waals surface area contributed by atoms with Crippen molar-refractivity contribution in [2.75, 3.05) is 5.73 Å². The average molecular weight is 247 g/mol. The molecule has 0 atom stereocenters. The van der Waals surface area contributed by atoms with Crippen LogP contribution in [0.15, 0.2) is 35.1 Å². The van der Waals surface area contributed by atoms with Gasteiger partial charge in [0.2, 0.25) is 0 Å². The van der Waals surface area contributed by atoms with E-state index in [1.165, 1.54) is 0 Å². The van der Waals surface area contributed by atoms with Crippen LogP contribution < -0.4 is 11.1 Å². The fourth-order valence-electron chi connectivity index (χ4n) is 1.82. The summed E-state index contributed by atoms with van der Waals surface area (Å²) in [5.74, 6) is 0.585. The van der Waals surface area contributed by atoms with Crippen LogP contribution in [-0.4, -0.2) is 10.5 Å². The van der Waals surface area contributed by atoms with Crippen molar-refractivity contribution in [3.05, 3.63) is 42.1 Å². The van der Waals surface area contributed by atoms with Gasteiger partial charge in [0.1, 0.15) is 11.5 Å². The number of anilines is 1. The zero-order valence-corrected chi connectivity index (χ0v) is 10.3. The molecule has 5 heteroatoms. The summed E-state index contributed by atoms with van der Waals surface area (Å²) in [5, 5.41) is 2.80. The molecule has 2 aromatic rings. The number of nitrogens with one attached hydrogen (secondary N) is 1. The number of carbonyl (C=O) groups is 1. The third kappa shape index (κ3) is 2.74. The van der Waals surface area contributed by atoms with Crippen molar-refractivity contribution in [2.45, 2.75) is 26.4 Å². The predicted molar refractivity (Wildman–Crippen MR) is 69.0 cm³/mol. The SMILES string of the molecule is CCCn1cc(N)cc1C(=O)NCc1ccco1. The summed E-state index contributed by atoms with van der Waals surface area (Å²) in [5.41, 5.74) is 6.91. The number of aryl methyl sites for hydroxylation is 1. The van der Waals surface area contributed by atoms with Crippen LogP contribution in [-0.2, 0) is 13.1 Å². The summed E-state index contributed by atoms with van der Waals surface area (Å²) in [6.45, 7) is 3.21. The molecule has 2 heterocycles. The highest BCUT2D eigenvalue weighted by molar-refractivity contribution is 5.93. The minimum Gasteiger partial charge on any atom is -0.467 e. The normalized spacial score (nSPS) is 10.5. The number of carbonyl (C=O) groups excluding carboxylic acids is 1. The highest BCUT2D eigenvalue weighted by atomic mass is 16.3. The summed E-state index contributed by atoms with van der Waals surface area (Å²) < 4.78 is 7.02. The predicted octanol–water partition coefficient (Wildman–Crippen LogP) is 2.00. The summed E-state index contributed by atoms with van der Waals surface area (Å²) in [6, 6.07) is 5.30. The first-order chi connectivity index (χ1) is 8.70. The fraction of sp³-hybridized carbons (Fsp3) is 0.308. The van der Waals surface area contributed by atoms with Gasteiger partial charge in [0.25, 0.3) is 5.91 Å². The first kappa shape index (κ1) is 12.3. The van der Waals surface area contributed by atoms with Crippen molar-refractivity contribution in [3.8, 4) is 0 Å². The minimum atomic E-state index is -0.142. The topological polar surface area (TPSA) is 73.2 Å². The molecule has 0 bridgehead atoms. The molecule has 0 aliphatic rings. The van der Waals surface area contributed by atoms with Gasteiger partial charge in [-0.2, -0.15) is 0 Å². The zero-order chi connectivity index (χ0) is 13.0. The summed E-state index contributed by atoms with van der Waals surface area (Å²) in [6.07, 6.45) is 4.32. The molecule has 2 aromatic heterocycles. The Morgan fingerprint density at radius 2 is 2.39 bits per heavy atom. The number of hydrogen-bond donors (Lipinski definition) is 2. The maximum atomic E-state index is 12.0. The maximum absolute atomic E-state index is 12.0. The van der Waals surface area contributed by atoms with Crippen molar-refractivity contribution >= 4 is 11.6 Å². The first-order valence-electron chi connectivity index (χ1n) is 5.97. The third-order valence-corrected chi connectivity index (χ3v) is 2.62. The van der Waals surface area contributed by atoms with E-state index in [2.05, 4.69) is 12.2 Å². The van der Waals surface area contributed by atoms with Gasteiger partial charge < -0.3 is 20.0 Å². The van der Waals surface area contributed by atoms with Gasteiger partial charge in [-0.3, -0.25) is 4.79 Å². The number of rotatable bonds is 5. The molecule has 0 unspecified atom stereocenters. The molecule has 0 saturated heterocycles. The van der Waals surface area contributed by atoms with Crippen LogP contribution in [0.4, 0.5) is 5.69 Å². The lowest BCUT2D eigenvalue weighted by atomic mass is 10.3. The molecule has 96 valence electrons. The quantitative estimate of drug-likeness (QED) is 0.848. The number of amides is 1. The van der Waals surface area contributed by atoms with E-state index in [1.54, 1.807) is 24.6 Å². The van der Waals surface area contributed by atoms with Crippen molar-refractivity contribution in [1.29, 1.82) is 0 Å². The Morgan fingerprint density at radius 3 is 3.06 bits per heavy atom. The Labute approximate surface area is 106 Å². The molecule has 18 heavy (non-hydrogen) atoms. The van der Waals surface area contributed by atoms with Gasteiger partial charge in [0.05, 0.1) is 18.5 Å². The zero-order valence-electron chi connectivity index (χ0n) is 10.3. The number of nitrogens with zero attached hydrogens (tertiary/aromatic N) is 1. The van der Waals surface area contributed by atoms with E-state index in [0.717, 1.165) is 18.7 Å². The monoisotopic (exact) mass is 247 g/mol. The van der Waals surface area contributed by atoms with Crippen LogP contribution in [0.5, 0.6) is 0 Å². The third-order valence-electron chi connectivity index (χ3n) is 2.62. The van der Waals surface area contributed by atoms with E-state index < -0.39 is 0 Å². The summed E-state index contributed by atoms with van der Waals surface area (Å²) in [4.78, 5) is 12.0. The van der Waals surface area contributed by atoms with Gasteiger partial charge in [-0.25, -0.2) is 0 Å². The van der Waals surface area contributed by atoms with Crippen molar-refractivity contribution < 1.29 is 9.21 Å². The minimum absolute atomic E-state index is 0.142. The van der Waals surface area contributed by atoms with Crippen molar-refractivity contribution in [3.63, 3.8) is 0 Å². The molecular formula is C13H17N3O2. The Balaban J connectivity index is 2.03. The van der Waals surface area contributed by atoms with Crippen LogP contribution in [0, 0.1) is 0 Å². The van der Waals surface area contributed by atoms with Gasteiger partial charge in [-0.1, -0.05) is 6.92 Å². The Hall–Kier alpha value is -2.17. The van der Waals surface area contributed by atoms with Gasteiger partial charge in [0, 0.05) is 12.7 Å². The van der Waals surface area contributed by atoms with Gasteiger partial charge in [0.15, 0.2) is 0 Å². The Bertz CT molecular complexity index is 514. The molecular weight excluding hydrogens is 230 g/mol. The van der Waals surface area contributed by atoms with Crippen LogP contribution >= 0.6 is 0 Å². The molecule has 0 aliphatic carbocycles. The lowest BCUT2D eigenvalue weighted by Gasteiger charge is -2.07. The second kappa shape index (κ2) is 5.44. The summed E-state index contributed by atoms with van der Waals surface area (Å²) in [7, 11) is 0. The van der Waals surface area contributed by atoms with Crippen LogP contribution in [0.3, 0.4) is 0 Å². The maximum Gasteiger partial charge on any atom is 0.268 e. The van der Waals surface area contributed by atoms with E-state index in [1.807, 2.05) is 10.6 Å². The van der Waals surface area contributed by atoms with Gasteiger partial charge in [-0.15, -0.1) is 0 Å². The molecule has 3 N–H and O–H groups in total. The number of nitrogens with two attached hydrogens (primary N) is 1. The molecule has 0 radical (unpaired) electrons. The van der Waals surface area contributed by atoms with Crippen molar-refractivity contribution in [1.82, 2.24) is 9.88 Å².